The number of nitrogens with zero attached hydrogens (tertiary/aromatic N) is 3. The van der Waals surface area contributed by atoms with Crippen molar-refractivity contribution < 1.29 is 5.21 Å². The zero-order valence-electron chi connectivity index (χ0n) is 11.5. The summed E-state index contributed by atoms with van der Waals surface area (Å²) in [7, 11) is 0. The fourth-order valence-corrected chi connectivity index (χ4v) is 1.96. The number of rotatable bonds is 6. The van der Waals surface area contributed by atoms with Gasteiger partial charge in [0.25, 0.3) is 0 Å². The fourth-order valence-electron chi connectivity index (χ4n) is 1.96. The van der Waals surface area contributed by atoms with Gasteiger partial charge < -0.3 is 16.3 Å². The Balaban J connectivity index is 1.87. The second-order valence-electron chi connectivity index (χ2n) is 4.57. The molecule has 1 aromatic carbocycles. The molecule has 0 aliphatic heterocycles. The number of hydrogen-bond acceptors (Lipinski definition) is 4. The molecule has 2 rings (SSSR count). The monoisotopic (exact) mass is 273 g/mol. The molecule has 0 saturated carbocycles. The van der Waals surface area contributed by atoms with Crippen LogP contribution in [0.2, 0.25) is 0 Å². The molecular weight excluding hydrogens is 254 g/mol. The molecule has 0 radical (unpaired) electrons. The van der Waals surface area contributed by atoms with Crippen LogP contribution in [0, 0.1) is 6.92 Å². The van der Waals surface area contributed by atoms with Gasteiger partial charge in [0.2, 0.25) is 0 Å². The number of oxime groups is 1. The third kappa shape index (κ3) is 3.58. The average molecular weight is 273 g/mol. The van der Waals surface area contributed by atoms with E-state index in [2.05, 4.69) is 15.6 Å². The number of aromatic nitrogens is 2. The van der Waals surface area contributed by atoms with Gasteiger partial charge in [-0.15, -0.1) is 0 Å². The quantitative estimate of drug-likeness (QED) is 0.241. The Morgan fingerprint density at radius 2 is 2.35 bits per heavy atom. The maximum absolute atomic E-state index is 8.65. The first-order valence-electron chi connectivity index (χ1n) is 6.46. The number of aryl methyl sites for hydroxylation is 1. The van der Waals surface area contributed by atoms with Crippen LogP contribution in [-0.2, 0) is 13.1 Å². The van der Waals surface area contributed by atoms with Crippen molar-refractivity contribution in [3.63, 3.8) is 0 Å². The van der Waals surface area contributed by atoms with Crippen molar-refractivity contribution in [2.75, 3.05) is 6.54 Å². The van der Waals surface area contributed by atoms with Crippen LogP contribution in [0.4, 0.5) is 0 Å². The van der Waals surface area contributed by atoms with Crippen LogP contribution in [0.25, 0.3) is 0 Å². The van der Waals surface area contributed by atoms with Gasteiger partial charge in [-0.2, -0.15) is 5.10 Å². The van der Waals surface area contributed by atoms with E-state index in [4.69, 9.17) is 10.9 Å². The van der Waals surface area contributed by atoms with Gasteiger partial charge in [0.15, 0.2) is 5.84 Å². The first kappa shape index (κ1) is 14.1. The molecule has 1 aromatic heterocycles. The van der Waals surface area contributed by atoms with E-state index in [-0.39, 0.29) is 5.84 Å². The lowest BCUT2D eigenvalue weighted by Gasteiger charge is -2.09. The third-order valence-electron chi connectivity index (χ3n) is 3.14. The fraction of sp³-hybridized carbons (Fsp3) is 0.286. The summed E-state index contributed by atoms with van der Waals surface area (Å²) in [5, 5.41) is 19.2. The highest BCUT2D eigenvalue weighted by atomic mass is 16.4. The summed E-state index contributed by atoms with van der Waals surface area (Å²) in [4.78, 5) is 0. The minimum Gasteiger partial charge on any atom is -0.409 e. The van der Waals surface area contributed by atoms with Crippen LogP contribution in [-0.4, -0.2) is 27.4 Å². The van der Waals surface area contributed by atoms with E-state index in [1.165, 1.54) is 5.56 Å². The highest BCUT2D eigenvalue weighted by molar-refractivity contribution is 5.97. The summed E-state index contributed by atoms with van der Waals surface area (Å²) in [6, 6.07) is 7.67. The molecule has 0 fully saturated rings. The lowest BCUT2D eigenvalue weighted by atomic mass is 10.0. The zero-order chi connectivity index (χ0) is 14.4. The topological polar surface area (TPSA) is 88.5 Å². The predicted molar refractivity (Wildman–Crippen MR) is 77.6 cm³/mol. The van der Waals surface area contributed by atoms with Gasteiger partial charge in [0.1, 0.15) is 0 Å². The molecule has 0 amide bonds. The number of amidine groups is 1. The molecule has 4 N–H and O–H groups in total. The molecule has 0 unspecified atom stereocenters. The van der Waals surface area contributed by atoms with E-state index in [1.54, 1.807) is 6.20 Å². The van der Waals surface area contributed by atoms with Crippen LogP contribution in [0.3, 0.4) is 0 Å². The van der Waals surface area contributed by atoms with Crippen molar-refractivity contribution in [1.29, 1.82) is 0 Å². The van der Waals surface area contributed by atoms with Gasteiger partial charge in [-0.3, -0.25) is 4.68 Å². The van der Waals surface area contributed by atoms with Crippen molar-refractivity contribution in [3.8, 4) is 0 Å². The summed E-state index contributed by atoms with van der Waals surface area (Å²) >= 11 is 0. The molecule has 6 heteroatoms. The largest absolute Gasteiger partial charge is 0.409 e. The Kier molecular flexibility index (Phi) is 4.73. The van der Waals surface area contributed by atoms with Gasteiger partial charge in [-0.05, 0) is 30.2 Å². The van der Waals surface area contributed by atoms with Gasteiger partial charge in [0, 0.05) is 31.0 Å². The smallest absolute Gasteiger partial charge is 0.170 e. The molecule has 0 saturated heterocycles. The summed E-state index contributed by atoms with van der Waals surface area (Å²) in [5.41, 5.74) is 8.60. The van der Waals surface area contributed by atoms with E-state index < -0.39 is 0 Å². The van der Waals surface area contributed by atoms with Crippen LogP contribution in [0.5, 0.6) is 0 Å². The minimum absolute atomic E-state index is 0.131. The minimum atomic E-state index is 0.131. The normalized spacial score (nSPS) is 11.8. The highest BCUT2D eigenvalue weighted by Gasteiger charge is 2.03. The Hall–Kier alpha value is -2.34. The van der Waals surface area contributed by atoms with Gasteiger partial charge in [-0.25, -0.2) is 0 Å². The molecule has 6 nitrogen and oxygen atoms in total. The lowest BCUT2D eigenvalue weighted by molar-refractivity contribution is 0.318. The molecule has 1 heterocycles. The maximum atomic E-state index is 8.65. The van der Waals surface area contributed by atoms with Crippen molar-refractivity contribution in [2.45, 2.75) is 20.0 Å². The molecule has 0 atom stereocenters. The lowest BCUT2D eigenvalue weighted by Crippen LogP contribution is -2.20. The van der Waals surface area contributed by atoms with Crippen molar-refractivity contribution in [2.24, 2.45) is 10.9 Å². The van der Waals surface area contributed by atoms with Crippen LogP contribution in [0.15, 0.2) is 41.8 Å². The second kappa shape index (κ2) is 6.72. The van der Waals surface area contributed by atoms with Crippen LogP contribution in [0.1, 0.15) is 16.7 Å². The molecule has 0 aliphatic rings. The molecule has 0 bridgehead atoms. The van der Waals surface area contributed by atoms with E-state index in [9.17, 15) is 0 Å². The molecule has 2 aromatic rings. The van der Waals surface area contributed by atoms with E-state index in [1.807, 2.05) is 42.1 Å². The zero-order valence-corrected chi connectivity index (χ0v) is 11.5. The highest BCUT2D eigenvalue weighted by Crippen LogP contribution is 2.11. The second-order valence-corrected chi connectivity index (χ2v) is 4.57. The van der Waals surface area contributed by atoms with E-state index >= 15 is 0 Å². The molecular formula is C14H19N5O. The summed E-state index contributed by atoms with van der Waals surface area (Å²) in [6.07, 6.45) is 3.72. The molecule has 0 spiro atoms. The SMILES string of the molecule is Cc1cc(/C(N)=N/O)ccc1CNCCn1cccn1. The third-order valence-corrected chi connectivity index (χ3v) is 3.14. The van der Waals surface area contributed by atoms with Gasteiger partial charge in [-0.1, -0.05) is 17.3 Å². The number of nitrogens with two attached hydrogens (primary N) is 1. The van der Waals surface area contributed by atoms with Crippen molar-refractivity contribution >= 4 is 5.84 Å². The first-order valence-corrected chi connectivity index (χ1v) is 6.46. The number of hydrogen-bond donors (Lipinski definition) is 3. The van der Waals surface area contributed by atoms with Crippen molar-refractivity contribution in [3.05, 3.63) is 53.3 Å². The summed E-state index contributed by atoms with van der Waals surface area (Å²) in [5.74, 6) is 0.131. The number of nitrogens with one attached hydrogen (secondary N) is 1. The Bertz CT molecular complexity index is 577. The maximum Gasteiger partial charge on any atom is 0.170 e. The van der Waals surface area contributed by atoms with Crippen LogP contribution < -0.4 is 11.1 Å². The van der Waals surface area contributed by atoms with Crippen molar-refractivity contribution in [1.82, 2.24) is 15.1 Å². The number of benzene rings is 1. The molecule has 0 aliphatic carbocycles. The van der Waals surface area contributed by atoms with Gasteiger partial charge >= 0.3 is 0 Å². The Morgan fingerprint density at radius 3 is 3.00 bits per heavy atom. The van der Waals surface area contributed by atoms with Crippen LogP contribution >= 0.6 is 0 Å². The predicted octanol–water partition coefficient (Wildman–Crippen LogP) is 1.08. The van der Waals surface area contributed by atoms with Gasteiger partial charge in [0.05, 0.1) is 6.54 Å². The Labute approximate surface area is 117 Å². The Morgan fingerprint density at radius 1 is 1.50 bits per heavy atom. The first-order chi connectivity index (χ1) is 9.70. The molecule has 106 valence electrons. The van der Waals surface area contributed by atoms with E-state index in [0.29, 0.717) is 0 Å². The summed E-state index contributed by atoms with van der Waals surface area (Å²) < 4.78 is 1.89. The standard InChI is InChI=1S/C14H19N5O/c1-11-9-12(14(15)18-20)3-4-13(11)10-16-6-8-19-7-2-5-17-19/h2-5,7,9,16,20H,6,8,10H2,1H3,(H2,15,18). The van der Waals surface area contributed by atoms with E-state index in [0.717, 1.165) is 30.8 Å². The summed E-state index contributed by atoms with van der Waals surface area (Å²) in [6.45, 7) is 4.49. The molecule has 20 heavy (non-hydrogen) atoms. The average Bonchev–Trinajstić information content (AvgIpc) is 2.97.